The van der Waals surface area contributed by atoms with Crippen LogP contribution in [0.15, 0.2) is 36.4 Å². The molecule has 0 radical (unpaired) electrons. The number of benzene rings is 2. The normalized spacial score (nSPS) is 18.8. The summed E-state index contributed by atoms with van der Waals surface area (Å²) in [6.45, 7) is 4.09. The fourth-order valence-electron chi connectivity index (χ4n) is 2.88. The average Bonchev–Trinajstić information content (AvgIpc) is 2.54. The lowest BCUT2D eigenvalue weighted by molar-refractivity contribution is 0.231. The van der Waals surface area contributed by atoms with Gasteiger partial charge in [0.15, 0.2) is 0 Å². The SMILES string of the molecule is COc1ccc2cc(C(C)N3CCS(=O)CC3)ccc2c1. The minimum atomic E-state index is -0.615. The van der Waals surface area contributed by atoms with Gasteiger partial charge in [-0.1, -0.05) is 18.2 Å². The summed E-state index contributed by atoms with van der Waals surface area (Å²) in [6, 6.07) is 13.1. The van der Waals surface area contributed by atoms with Gasteiger partial charge < -0.3 is 4.74 Å². The molecule has 21 heavy (non-hydrogen) atoms. The highest BCUT2D eigenvalue weighted by molar-refractivity contribution is 7.85. The highest BCUT2D eigenvalue weighted by Crippen LogP contribution is 2.27. The van der Waals surface area contributed by atoms with Gasteiger partial charge in [0.2, 0.25) is 0 Å². The molecule has 112 valence electrons. The van der Waals surface area contributed by atoms with Crippen LogP contribution in [0.25, 0.3) is 10.8 Å². The van der Waals surface area contributed by atoms with Crippen LogP contribution in [0.3, 0.4) is 0 Å². The molecule has 0 bridgehead atoms. The molecule has 1 heterocycles. The van der Waals surface area contributed by atoms with Crippen LogP contribution >= 0.6 is 0 Å². The molecule has 1 atom stereocenters. The highest BCUT2D eigenvalue weighted by atomic mass is 32.2. The van der Waals surface area contributed by atoms with Gasteiger partial charge in [0.25, 0.3) is 0 Å². The van der Waals surface area contributed by atoms with E-state index >= 15 is 0 Å². The van der Waals surface area contributed by atoms with Gasteiger partial charge in [-0.15, -0.1) is 0 Å². The lowest BCUT2D eigenvalue weighted by Crippen LogP contribution is -2.39. The van der Waals surface area contributed by atoms with Crippen molar-refractivity contribution < 1.29 is 8.95 Å². The van der Waals surface area contributed by atoms with Crippen molar-refractivity contribution in [2.45, 2.75) is 13.0 Å². The van der Waals surface area contributed by atoms with Crippen molar-refractivity contribution in [1.29, 1.82) is 0 Å². The number of nitrogens with zero attached hydrogens (tertiary/aromatic N) is 1. The number of fused-ring (bicyclic) bond motifs is 1. The fourth-order valence-corrected chi connectivity index (χ4v) is 3.96. The third-order valence-electron chi connectivity index (χ3n) is 4.31. The van der Waals surface area contributed by atoms with E-state index in [9.17, 15) is 4.21 Å². The molecule has 2 aromatic rings. The van der Waals surface area contributed by atoms with Gasteiger partial charge in [-0.05, 0) is 41.5 Å². The zero-order valence-electron chi connectivity index (χ0n) is 12.5. The summed E-state index contributed by atoms with van der Waals surface area (Å²) in [6.07, 6.45) is 0. The molecule has 0 N–H and O–H groups in total. The molecule has 3 nitrogen and oxygen atoms in total. The quantitative estimate of drug-likeness (QED) is 0.873. The molecule has 1 aliphatic heterocycles. The number of rotatable bonds is 3. The summed E-state index contributed by atoms with van der Waals surface area (Å²) >= 11 is 0. The minimum absolute atomic E-state index is 0.369. The summed E-state index contributed by atoms with van der Waals surface area (Å²) in [4.78, 5) is 2.42. The van der Waals surface area contributed by atoms with Crippen molar-refractivity contribution in [3.63, 3.8) is 0 Å². The Kier molecular flexibility index (Phi) is 4.27. The van der Waals surface area contributed by atoms with Gasteiger partial charge in [0.05, 0.1) is 7.11 Å². The molecular weight excluding hydrogens is 282 g/mol. The lowest BCUT2D eigenvalue weighted by atomic mass is 10.0. The van der Waals surface area contributed by atoms with Crippen LogP contribution in [0.5, 0.6) is 5.75 Å². The highest BCUT2D eigenvalue weighted by Gasteiger charge is 2.21. The Morgan fingerprint density at radius 3 is 2.48 bits per heavy atom. The molecule has 0 aliphatic carbocycles. The van der Waals surface area contributed by atoms with Crippen molar-refractivity contribution >= 4 is 21.6 Å². The van der Waals surface area contributed by atoms with Crippen LogP contribution in [-0.4, -0.2) is 40.8 Å². The fraction of sp³-hybridized carbons (Fsp3) is 0.412. The topological polar surface area (TPSA) is 29.5 Å². The number of hydrogen-bond acceptors (Lipinski definition) is 3. The van der Waals surface area contributed by atoms with Crippen LogP contribution in [0, 0.1) is 0 Å². The van der Waals surface area contributed by atoms with Gasteiger partial charge >= 0.3 is 0 Å². The molecule has 1 fully saturated rings. The van der Waals surface area contributed by atoms with Gasteiger partial charge in [0, 0.05) is 41.4 Å². The molecule has 0 aromatic heterocycles. The van der Waals surface area contributed by atoms with Crippen molar-refractivity contribution in [2.24, 2.45) is 0 Å². The maximum Gasteiger partial charge on any atom is 0.119 e. The second-order valence-electron chi connectivity index (χ2n) is 5.53. The third kappa shape index (κ3) is 3.11. The van der Waals surface area contributed by atoms with Gasteiger partial charge in [-0.2, -0.15) is 0 Å². The average molecular weight is 303 g/mol. The summed E-state index contributed by atoms with van der Waals surface area (Å²) < 4.78 is 16.7. The van der Waals surface area contributed by atoms with Crippen molar-refractivity contribution in [3.05, 3.63) is 42.0 Å². The molecule has 0 amide bonds. The number of methoxy groups -OCH3 is 1. The van der Waals surface area contributed by atoms with E-state index in [4.69, 9.17) is 4.74 Å². The Hall–Kier alpha value is -1.39. The molecule has 1 saturated heterocycles. The first-order valence-electron chi connectivity index (χ1n) is 7.34. The Labute approximate surface area is 128 Å². The maximum atomic E-state index is 11.5. The summed E-state index contributed by atoms with van der Waals surface area (Å²) in [5.74, 6) is 2.49. The van der Waals surface area contributed by atoms with E-state index < -0.39 is 10.8 Å². The number of ether oxygens (including phenoxy) is 1. The Morgan fingerprint density at radius 1 is 1.10 bits per heavy atom. The van der Waals surface area contributed by atoms with E-state index in [0.29, 0.717) is 6.04 Å². The largest absolute Gasteiger partial charge is 0.497 e. The second kappa shape index (κ2) is 6.16. The van der Waals surface area contributed by atoms with Crippen molar-refractivity contribution in [3.8, 4) is 5.75 Å². The molecule has 2 aromatic carbocycles. The minimum Gasteiger partial charge on any atom is -0.497 e. The monoisotopic (exact) mass is 303 g/mol. The van der Waals surface area contributed by atoms with Gasteiger partial charge in [0.1, 0.15) is 5.75 Å². The van der Waals surface area contributed by atoms with Gasteiger partial charge in [-0.25, -0.2) is 0 Å². The van der Waals surface area contributed by atoms with Crippen LogP contribution < -0.4 is 4.74 Å². The standard InChI is InChI=1S/C17H21NO2S/c1-13(18-7-9-21(19)10-8-18)14-3-4-16-12-17(20-2)6-5-15(16)11-14/h3-6,11-13H,7-10H2,1-2H3. The summed E-state index contributed by atoms with van der Waals surface area (Å²) in [5, 5.41) is 2.44. The van der Waals surface area contributed by atoms with Crippen molar-refractivity contribution in [2.75, 3.05) is 31.7 Å². The van der Waals surface area contributed by atoms with Gasteiger partial charge in [-0.3, -0.25) is 9.11 Å². The first kappa shape index (κ1) is 14.5. The smallest absolute Gasteiger partial charge is 0.119 e. The van der Waals surface area contributed by atoms with Crippen molar-refractivity contribution in [1.82, 2.24) is 4.90 Å². The molecule has 0 spiro atoms. The Balaban J connectivity index is 1.84. The predicted molar refractivity (Wildman–Crippen MR) is 88.4 cm³/mol. The molecule has 4 heteroatoms. The Bertz CT molecular complexity index is 661. The van der Waals surface area contributed by atoms with E-state index in [1.807, 2.05) is 6.07 Å². The molecule has 1 unspecified atom stereocenters. The molecule has 1 aliphatic rings. The Morgan fingerprint density at radius 2 is 1.76 bits per heavy atom. The molecular formula is C17H21NO2S. The van der Waals surface area contributed by atoms with E-state index in [1.165, 1.54) is 16.3 Å². The zero-order valence-corrected chi connectivity index (χ0v) is 13.4. The third-order valence-corrected chi connectivity index (χ3v) is 5.59. The summed E-state index contributed by atoms with van der Waals surface area (Å²) in [7, 11) is 1.08. The molecule has 3 rings (SSSR count). The molecule has 0 saturated carbocycles. The van der Waals surface area contributed by atoms with Crippen LogP contribution in [0.1, 0.15) is 18.5 Å². The van der Waals surface area contributed by atoms with Crippen LogP contribution in [0.2, 0.25) is 0 Å². The zero-order chi connectivity index (χ0) is 14.8. The number of hydrogen-bond donors (Lipinski definition) is 0. The van der Waals surface area contributed by atoms with Crippen LogP contribution in [0.4, 0.5) is 0 Å². The first-order valence-corrected chi connectivity index (χ1v) is 8.83. The second-order valence-corrected chi connectivity index (χ2v) is 7.23. The van der Waals surface area contributed by atoms with Crippen LogP contribution in [-0.2, 0) is 10.8 Å². The van der Waals surface area contributed by atoms with E-state index in [2.05, 4.69) is 42.2 Å². The lowest BCUT2D eigenvalue weighted by Gasteiger charge is -2.32. The van der Waals surface area contributed by atoms with E-state index in [-0.39, 0.29) is 0 Å². The van der Waals surface area contributed by atoms with E-state index in [1.54, 1.807) is 7.11 Å². The maximum absolute atomic E-state index is 11.5. The van der Waals surface area contributed by atoms with E-state index in [0.717, 1.165) is 30.3 Å². The predicted octanol–water partition coefficient (Wildman–Crippen LogP) is 2.97. The summed E-state index contributed by atoms with van der Waals surface area (Å²) in [5.41, 5.74) is 1.32. The first-order chi connectivity index (χ1) is 10.2.